The lowest BCUT2D eigenvalue weighted by Gasteiger charge is -1.70. The van der Waals surface area contributed by atoms with E-state index in [9.17, 15) is 0 Å². The fourth-order valence-electron chi connectivity index (χ4n) is 0.305. The third-order valence-corrected chi connectivity index (χ3v) is 1.99. The van der Waals surface area contributed by atoms with Gasteiger partial charge in [0.15, 0.2) is 5.06 Å². The van der Waals surface area contributed by atoms with Gasteiger partial charge in [0.1, 0.15) is 0 Å². The van der Waals surface area contributed by atoms with Gasteiger partial charge in [-0.05, 0) is 28.1 Å². The Morgan fingerprint density at radius 2 is 2.00 bits per heavy atom. The molecule has 0 spiro atoms. The maximum absolute atomic E-state index is 8.64. The van der Waals surface area contributed by atoms with Crippen LogP contribution in [0.4, 0.5) is 0 Å². The summed E-state index contributed by atoms with van der Waals surface area (Å²) in [5.41, 5.74) is 0. The Morgan fingerprint density at radius 1 is 1.44 bits per heavy atom. The van der Waals surface area contributed by atoms with E-state index in [1.807, 2.05) is 13.8 Å². The third kappa shape index (κ3) is 3.54. The molecule has 0 atom stereocenters. The van der Waals surface area contributed by atoms with Gasteiger partial charge in [0.25, 0.3) is 0 Å². The zero-order valence-electron chi connectivity index (χ0n) is 5.39. The van der Waals surface area contributed by atoms with Crippen LogP contribution >= 0.6 is 27.3 Å². The molecule has 1 heterocycles. The predicted octanol–water partition coefficient (Wildman–Crippen LogP) is 3.24. The van der Waals surface area contributed by atoms with Crippen LogP contribution in [0.25, 0.3) is 0 Å². The molecule has 1 N–H and O–H groups in total. The molecular weight excluding hydrogens is 200 g/mol. The average Bonchev–Trinajstić information content (AvgIpc) is 2.20. The predicted molar refractivity (Wildman–Crippen MR) is 45.0 cm³/mol. The molecule has 0 fully saturated rings. The monoisotopic (exact) mass is 208 g/mol. The molecular formula is C6H9BrOS. The second-order valence-electron chi connectivity index (χ2n) is 1.08. The first-order valence-corrected chi connectivity index (χ1v) is 4.34. The first-order chi connectivity index (χ1) is 4.29. The van der Waals surface area contributed by atoms with Gasteiger partial charge in [-0.2, -0.15) is 0 Å². The summed E-state index contributed by atoms with van der Waals surface area (Å²) in [6.45, 7) is 4.00. The number of rotatable bonds is 0. The minimum Gasteiger partial charge on any atom is -0.499 e. The normalized spacial score (nSPS) is 7.89. The highest BCUT2D eigenvalue weighted by Crippen LogP contribution is 2.26. The zero-order valence-corrected chi connectivity index (χ0v) is 7.79. The molecule has 0 bridgehead atoms. The van der Waals surface area contributed by atoms with Crippen LogP contribution in [-0.4, -0.2) is 5.11 Å². The molecule has 0 aliphatic heterocycles. The van der Waals surface area contributed by atoms with Gasteiger partial charge >= 0.3 is 0 Å². The number of halogens is 1. The summed E-state index contributed by atoms with van der Waals surface area (Å²) in [5, 5.41) is 9.00. The molecule has 1 aromatic heterocycles. The lowest BCUT2D eigenvalue weighted by Crippen LogP contribution is -1.35. The van der Waals surface area contributed by atoms with Crippen molar-refractivity contribution in [3.8, 4) is 5.06 Å². The fraction of sp³-hybridized carbons (Fsp3) is 0.333. The smallest absolute Gasteiger partial charge is 0.172 e. The summed E-state index contributed by atoms with van der Waals surface area (Å²) < 4.78 is 0.963. The highest BCUT2D eigenvalue weighted by molar-refractivity contribution is 9.11. The maximum atomic E-state index is 8.64. The second kappa shape index (κ2) is 4.82. The van der Waals surface area contributed by atoms with Gasteiger partial charge < -0.3 is 5.11 Å². The Labute approximate surface area is 67.5 Å². The van der Waals surface area contributed by atoms with E-state index in [0.29, 0.717) is 5.06 Å². The first kappa shape index (κ1) is 8.98. The summed E-state index contributed by atoms with van der Waals surface area (Å²) in [4.78, 5) is 0. The van der Waals surface area contributed by atoms with Crippen LogP contribution in [0.5, 0.6) is 5.06 Å². The molecule has 52 valence electrons. The van der Waals surface area contributed by atoms with E-state index in [2.05, 4.69) is 15.9 Å². The minimum absolute atomic E-state index is 0.354. The molecule has 0 saturated carbocycles. The van der Waals surface area contributed by atoms with Crippen molar-refractivity contribution in [2.75, 3.05) is 0 Å². The first-order valence-electron chi connectivity index (χ1n) is 2.73. The molecule has 0 unspecified atom stereocenters. The Balaban J connectivity index is 0.000000291. The minimum atomic E-state index is 0.354. The maximum Gasteiger partial charge on any atom is 0.172 e. The number of aromatic hydroxyl groups is 1. The SMILES string of the molecule is CC.Oc1ccc(Br)s1. The quantitative estimate of drug-likeness (QED) is 0.695. The molecule has 0 amide bonds. The molecule has 1 nitrogen and oxygen atoms in total. The highest BCUT2D eigenvalue weighted by atomic mass is 79.9. The van der Waals surface area contributed by atoms with E-state index < -0.39 is 0 Å². The molecule has 0 saturated heterocycles. The molecule has 0 radical (unpaired) electrons. The number of thiophene rings is 1. The van der Waals surface area contributed by atoms with Crippen molar-refractivity contribution in [2.24, 2.45) is 0 Å². The highest BCUT2D eigenvalue weighted by Gasteiger charge is 1.89. The lowest BCUT2D eigenvalue weighted by atomic mass is 10.7. The summed E-state index contributed by atoms with van der Waals surface area (Å²) in [5.74, 6) is 0. The van der Waals surface area contributed by atoms with Crippen LogP contribution in [0.3, 0.4) is 0 Å². The Kier molecular flexibility index (Phi) is 4.81. The van der Waals surface area contributed by atoms with Gasteiger partial charge in [0, 0.05) is 0 Å². The van der Waals surface area contributed by atoms with Crippen molar-refractivity contribution in [3.05, 3.63) is 15.9 Å². The molecule has 9 heavy (non-hydrogen) atoms. The summed E-state index contributed by atoms with van der Waals surface area (Å²) in [6, 6.07) is 3.45. The Bertz CT molecular complexity index is 145. The average molecular weight is 209 g/mol. The van der Waals surface area contributed by atoms with Crippen LogP contribution in [0.1, 0.15) is 13.8 Å². The standard InChI is InChI=1S/C4H3BrOS.C2H6/c5-3-1-2-4(6)7-3;1-2/h1-2,6H;1-2H3. The van der Waals surface area contributed by atoms with Crippen molar-refractivity contribution in [1.29, 1.82) is 0 Å². The van der Waals surface area contributed by atoms with Crippen LogP contribution in [0.15, 0.2) is 15.9 Å². The van der Waals surface area contributed by atoms with Crippen molar-refractivity contribution in [1.82, 2.24) is 0 Å². The largest absolute Gasteiger partial charge is 0.499 e. The molecule has 1 rings (SSSR count). The number of hydrogen-bond donors (Lipinski definition) is 1. The zero-order chi connectivity index (χ0) is 7.28. The summed E-state index contributed by atoms with van der Waals surface area (Å²) >= 11 is 4.51. The Morgan fingerprint density at radius 3 is 2.11 bits per heavy atom. The van der Waals surface area contributed by atoms with E-state index in [0.717, 1.165) is 3.79 Å². The van der Waals surface area contributed by atoms with Crippen molar-refractivity contribution < 1.29 is 5.11 Å². The topological polar surface area (TPSA) is 20.2 Å². The third-order valence-electron chi connectivity index (χ3n) is 0.559. The van der Waals surface area contributed by atoms with Gasteiger partial charge in [-0.15, -0.1) is 0 Å². The fourth-order valence-corrected chi connectivity index (χ4v) is 1.41. The second-order valence-corrected chi connectivity index (χ2v) is 3.52. The number of hydrogen-bond acceptors (Lipinski definition) is 2. The van der Waals surface area contributed by atoms with Crippen LogP contribution < -0.4 is 0 Å². The van der Waals surface area contributed by atoms with E-state index in [1.165, 1.54) is 11.3 Å². The van der Waals surface area contributed by atoms with Gasteiger partial charge in [0.2, 0.25) is 0 Å². The molecule has 0 aromatic carbocycles. The molecule has 0 aliphatic rings. The van der Waals surface area contributed by atoms with Crippen molar-refractivity contribution >= 4 is 27.3 Å². The van der Waals surface area contributed by atoms with Crippen molar-refractivity contribution in [2.45, 2.75) is 13.8 Å². The van der Waals surface area contributed by atoms with Crippen molar-refractivity contribution in [3.63, 3.8) is 0 Å². The van der Waals surface area contributed by atoms with Crippen LogP contribution in [-0.2, 0) is 0 Å². The van der Waals surface area contributed by atoms with E-state index in [-0.39, 0.29) is 0 Å². The van der Waals surface area contributed by atoms with E-state index in [4.69, 9.17) is 5.11 Å². The van der Waals surface area contributed by atoms with E-state index >= 15 is 0 Å². The summed E-state index contributed by atoms with van der Waals surface area (Å²) in [7, 11) is 0. The lowest BCUT2D eigenvalue weighted by molar-refractivity contribution is 0.491. The molecule has 0 aliphatic carbocycles. The van der Waals surface area contributed by atoms with E-state index in [1.54, 1.807) is 12.1 Å². The van der Waals surface area contributed by atoms with Crippen LogP contribution in [0, 0.1) is 0 Å². The van der Waals surface area contributed by atoms with Crippen LogP contribution in [0.2, 0.25) is 0 Å². The van der Waals surface area contributed by atoms with Gasteiger partial charge in [0.05, 0.1) is 3.79 Å². The van der Waals surface area contributed by atoms with Gasteiger partial charge in [-0.1, -0.05) is 25.2 Å². The summed E-state index contributed by atoms with van der Waals surface area (Å²) in [6.07, 6.45) is 0. The molecule has 3 heteroatoms. The van der Waals surface area contributed by atoms with Gasteiger partial charge in [-0.25, -0.2) is 0 Å². The molecule has 1 aromatic rings. The van der Waals surface area contributed by atoms with Gasteiger partial charge in [-0.3, -0.25) is 0 Å². The Hall–Kier alpha value is -0.0200.